The number of hydrogen-bond donors (Lipinski definition) is 0. The van der Waals surface area contributed by atoms with Gasteiger partial charge in [-0.2, -0.15) is 5.10 Å². The number of halogens is 2. The van der Waals surface area contributed by atoms with Crippen LogP contribution in [0.15, 0.2) is 82.4 Å². The Morgan fingerprint density at radius 1 is 1.03 bits per heavy atom. The zero-order chi connectivity index (χ0) is 26.4. The largest absolute Gasteiger partial charge is 0.339 e. The van der Waals surface area contributed by atoms with E-state index >= 15 is 0 Å². The Morgan fingerprint density at radius 3 is 2.55 bits per heavy atom. The molecule has 2 aliphatic rings. The number of carbonyl (C=O) groups excluding carboxylic acids is 2. The first-order valence-corrected chi connectivity index (χ1v) is 13.0. The van der Waals surface area contributed by atoms with Gasteiger partial charge in [0.15, 0.2) is 6.23 Å². The second-order valence-corrected chi connectivity index (χ2v) is 10.2. The van der Waals surface area contributed by atoms with Crippen molar-refractivity contribution in [3.8, 4) is 16.8 Å². The molecule has 2 amide bonds. The van der Waals surface area contributed by atoms with E-state index in [2.05, 4.69) is 20.9 Å². The second-order valence-electron chi connectivity index (χ2n) is 9.26. The predicted octanol–water partition coefficient (Wildman–Crippen LogP) is 3.87. The molecule has 1 fully saturated rings. The first kappa shape index (κ1) is 24.4. The summed E-state index contributed by atoms with van der Waals surface area (Å²) in [7, 11) is 0. The third kappa shape index (κ3) is 4.59. The molecule has 0 spiro atoms. The van der Waals surface area contributed by atoms with Crippen molar-refractivity contribution in [1.29, 1.82) is 0 Å². The fourth-order valence-corrected chi connectivity index (χ4v) is 5.02. The van der Waals surface area contributed by atoms with Gasteiger partial charge < -0.3 is 9.64 Å². The number of fused-ring (bicyclic) bond motifs is 1. The van der Waals surface area contributed by atoms with Crippen LogP contribution in [-0.2, 0) is 20.7 Å². The van der Waals surface area contributed by atoms with E-state index < -0.39 is 12.3 Å². The lowest BCUT2D eigenvalue weighted by atomic mass is 10.0. The molecule has 1 saturated heterocycles. The van der Waals surface area contributed by atoms with Gasteiger partial charge in [-0.25, -0.2) is 14.1 Å². The number of rotatable bonds is 6. The SMILES string of the molecule is C[C@H]1O[C@H](c2nn(-c3ccc(Br)cc3)cc2-c2ccc(F)cc2)N(CCc2ccc3c(c2)=NC(=O)C=3)C1=O. The highest BCUT2D eigenvalue weighted by atomic mass is 79.9. The summed E-state index contributed by atoms with van der Waals surface area (Å²) in [5, 5.41) is 6.30. The standard InChI is InChI=1S/C29H22BrFN4O3/c1-17-28(37)34(13-12-18-2-3-20-15-26(36)32-25(20)14-18)29(38-17)27-24(19-4-8-22(31)9-5-19)16-35(33-27)23-10-6-21(30)7-11-23/h2-11,14-17,29H,12-13H2,1H3/t17-,29-/m1/s1. The molecule has 0 radical (unpaired) electrons. The van der Waals surface area contributed by atoms with Gasteiger partial charge in [-0.1, -0.05) is 40.2 Å². The quantitative estimate of drug-likeness (QED) is 0.351. The van der Waals surface area contributed by atoms with Crippen LogP contribution < -0.4 is 10.6 Å². The molecule has 2 atom stereocenters. The molecule has 3 heterocycles. The molecule has 6 rings (SSSR count). The van der Waals surface area contributed by atoms with Crippen LogP contribution in [0, 0.1) is 5.82 Å². The average molecular weight is 573 g/mol. The Bertz CT molecular complexity index is 1680. The van der Waals surface area contributed by atoms with Crippen molar-refractivity contribution < 1.29 is 18.7 Å². The summed E-state index contributed by atoms with van der Waals surface area (Å²) in [4.78, 5) is 30.5. The van der Waals surface area contributed by atoms with E-state index in [9.17, 15) is 14.0 Å². The van der Waals surface area contributed by atoms with E-state index in [1.54, 1.807) is 28.6 Å². The fourth-order valence-electron chi connectivity index (χ4n) is 4.76. The molecule has 0 N–H and O–H groups in total. The van der Waals surface area contributed by atoms with Crippen LogP contribution in [0.25, 0.3) is 22.9 Å². The van der Waals surface area contributed by atoms with Crippen molar-refractivity contribution in [3.05, 3.63) is 105 Å². The topological polar surface area (TPSA) is 76.8 Å². The predicted molar refractivity (Wildman–Crippen MR) is 142 cm³/mol. The molecule has 9 heteroatoms. The van der Waals surface area contributed by atoms with Gasteiger partial charge in [-0.05, 0) is 66.9 Å². The maximum atomic E-state index is 13.7. The monoisotopic (exact) mass is 572 g/mol. The van der Waals surface area contributed by atoms with E-state index in [1.165, 1.54) is 18.2 Å². The number of nitrogens with zero attached hydrogens (tertiary/aromatic N) is 4. The number of aromatic nitrogens is 2. The van der Waals surface area contributed by atoms with Crippen LogP contribution in [0.4, 0.5) is 4.39 Å². The maximum Gasteiger partial charge on any atom is 0.270 e. The molecule has 38 heavy (non-hydrogen) atoms. The number of amides is 2. The number of ether oxygens (including phenoxy) is 1. The molecule has 3 aromatic carbocycles. The lowest BCUT2D eigenvalue weighted by Gasteiger charge is -2.22. The Labute approximate surface area is 226 Å². The van der Waals surface area contributed by atoms with Crippen molar-refractivity contribution in [2.45, 2.75) is 25.7 Å². The smallest absolute Gasteiger partial charge is 0.270 e. The minimum Gasteiger partial charge on any atom is -0.339 e. The molecule has 4 aromatic rings. The molecular weight excluding hydrogens is 551 g/mol. The molecular formula is C29H22BrFN4O3. The van der Waals surface area contributed by atoms with Crippen molar-refractivity contribution in [2.24, 2.45) is 4.99 Å². The molecule has 0 bridgehead atoms. The normalized spacial score (nSPS) is 18.4. The summed E-state index contributed by atoms with van der Waals surface area (Å²) in [6, 6.07) is 19.6. The summed E-state index contributed by atoms with van der Waals surface area (Å²) in [5.41, 5.74) is 3.87. The maximum absolute atomic E-state index is 13.7. The zero-order valence-electron chi connectivity index (χ0n) is 20.3. The number of carbonyl (C=O) groups is 2. The Balaban J connectivity index is 1.36. The molecule has 190 valence electrons. The third-order valence-corrected chi connectivity index (χ3v) is 7.24. The van der Waals surface area contributed by atoms with Crippen LogP contribution in [-0.4, -0.2) is 39.1 Å². The molecule has 0 aliphatic carbocycles. The highest BCUT2D eigenvalue weighted by molar-refractivity contribution is 9.10. The molecule has 0 unspecified atom stereocenters. The zero-order valence-corrected chi connectivity index (χ0v) is 21.9. The van der Waals surface area contributed by atoms with Gasteiger partial charge in [-0.15, -0.1) is 0 Å². The van der Waals surface area contributed by atoms with Gasteiger partial charge in [0.25, 0.3) is 11.8 Å². The Kier molecular flexibility index (Phi) is 6.25. The van der Waals surface area contributed by atoms with Crippen LogP contribution in [0.5, 0.6) is 0 Å². The lowest BCUT2D eigenvalue weighted by Crippen LogP contribution is -2.33. The van der Waals surface area contributed by atoms with Gasteiger partial charge in [-0.3, -0.25) is 9.59 Å². The van der Waals surface area contributed by atoms with E-state index in [0.717, 1.165) is 32.1 Å². The van der Waals surface area contributed by atoms with Gasteiger partial charge in [0.2, 0.25) is 0 Å². The summed E-state index contributed by atoms with van der Waals surface area (Å²) in [6.45, 7) is 2.12. The number of benzene rings is 3. The van der Waals surface area contributed by atoms with Crippen LogP contribution in [0.1, 0.15) is 24.4 Å². The summed E-state index contributed by atoms with van der Waals surface area (Å²) in [5.74, 6) is -0.727. The highest BCUT2D eigenvalue weighted by Gasteiger charge is 2.41. The Morgan fingerprint density at radius 2 is 1.79 bits per heavy atom. The van der Waals surface area contributed by atoms with Gasteiger partial charge in [0.05, 0.1) is 11.0 Å². The highest BCUT2D eigenvalue weighted by Crippen LogP contribution is 2.37. The minimum atomic E-state index is -0.719. The molecule has 2 aliphatic heterocycles. The van der Waals surface area contributed by atoms with Crippen LogP contribution in [0.3, 0.4) is 0 Å². The van der Waals surface area contributed by atoms with E-state index in [1.807, 2.05) is 48.7 Å². The summed E-state index contributed by atoms with van der Waals surface area (Å²) in [6.07, 6.45) is 2.57. The summed E-state index contributed by atoms with van der Waals surface area (Å²) >= 11 is 3.46. The van der Waals surface area contributed by atoms with Crippen molar-refractivity contribution in [3.63, 3.8) is 0 Å². The minimum absolute atomic E-state index is 0.132. The second kappa shape index (κ2) is 9.74. The van der Waals surface area contributed by atoms with Gasteiger partial charge in [0, 0.05) is 34.1 Å². The first-order chi connectivity index (χ1) is 18.4. The Hall–Kier alpha value is -3.95. The van der Waals surface area contributed by atoms with E-state index in [-0.39, 0.29) is 17.6 Å². The van der Waals surface area contributed by atoms with Crippen LogP contribution >= 0.6 is 15.9 Å². The number of hydrogen-bond acceptors (Lipinski definition) is 4. The van der Waals surface area contributed by atoms with E-state index in [4.69, 9.17) is 9.84 Å². The summed E-state index contributed by atoms with van der Waals surface area (Å²) < 4.78 is 22.6. The molecule has 1 aromatic heterocycles. The van der Waals surface area contributed by atoms with Crippen molar-refractivity contribution in [1.82, 2.24) is 14.7 Å². The van der Waals surface area contributed by atoms with Crippen LogP contribution in [0.2, 0.25) is 0 Å². The average Bonchev–Trinajstić information content (AvgIpc) is 3.58. The first-order valence-electron chi connectivity index (χ1n) is 12.2. The van der Waals surface area contributed by atoms with Gasteiger partial charge >= 0.3 is 0 Å². The molecule has 7 nitrogen and oxygen atoms in total. The van der Waals surface area contributed by atoms with Crippen molar-refractivity contribution >= 4 is 33.8 Å². The fraction of sp³-hybridized carbons (Fsp3) is 0.172. The lowest BCUT2D eigenvalue weighted by molar-refractivity contribution is -0.130. The van der Waals surface area contributed by atoms with Gasteiger partial charge in [0.1, 0.15) is 17.6 Å². The molecule has 0 saturated carbocycles. The third-order valence-electron chi connectivity index (χ3n) is 6.72. The van der Waals surface area contributed by atoms with E-state index in [0.29, 0.717) is 24.0 Å². The van der Waals surface area contributed by atoms with Crippen molar-refractivity contribution in [2.75, 3.05) is 6.54 Å².